The lowest BCUT2D eigenvalue weighted by Gasteiger charge is -2.38. The first kappa shape index (κ1) is 24.5. The monoisotopic (exact) mass is 455 g/mol. The maximum Gasteiger partial charge on any atom is 0.410 e. The summed E-state index contributed by atoms with van der Waals surface area (Å²) in [6.07, 6.45) is 1.80. The first-order valence-electron chi connectivity index (χ1n) is 11.3. The maximum atomic E-state index is 12.5. The van der Waals surface area contributed by atoms with E-state index in [1.807, 2.05) is 58.0 Å². The molecule has 1 fully saturated rings. The molecule has 1 saturated heterocycles. The third kappa shape index (κ3) is 6.66. The van der Waals surface area contributed by atoms with Gasteiger partial charge in [-0.1, -0.05) is 30.3 Å². The lowest BCUT2D eigenvalue weighted by atomic mass is 9.89. The van der Waals surface area contributed by atoms with Crippen LogP contribution in [0.25, 0.3) is 0 Å². The highest BCUT2D eigenvalue weighted by Gasteiger charge is 2.32. The molecule has 33 heavy (non-hydrogen) atoms. The molecular weight excluding hydrogens is 422 g/mol. The molecule has 1 amide bonds. The number of amides is 1. The van der Waals surface area contributed by atoms with Crippen LogP contribution in [0.5, 0.6) is 5.75 Å². The van der Waals surface area contributed by atoms with Gasteiger partial charge in [0, 0.05) is 19.0 Å². The van der Waals surface area contributed by atoms with Crippen LogP contribution < -0.4 is 4.74 Å². The lowest BCUT2D eigenvalue weighted by Crippen LogP contribution is -2.47. The summed E-state index contributed by atoms with van der Waals surface area (Å²) in [7, 11) is 0. The summed E-state index contributed by atoms with van der Waals surface area (Å²) in [5.74, 6) is -0.211. The molecule has 1 N–H and O–H groups in total. The van der Waals surface area contributed by atoms with Gasteiger partial charge in [-0.2, -0.15) is 0 Å². The molecule has 8 nitrogen and oxygen atoms in total. The van der Waals surface area contributed by atoms with Gasteiger partial charge in [-0.15, -0.1) is 0 Å². The number of carboxylic acids is 1. The molecule has 2 atom stereocenters. The fourth-order valence-electron chi connectivity index (χ4n) is 4.06. The minimum absolute atomic E-state index is 0.0205. The van der Waals surface area contributed by atoms with Crippen LogP contribution in [0.3, 0.4) is 0 Å². The van der Waals surface area contributed by atoms with Gasteiger partial charge in [0.05, 0.1) is 5.69 Å². The Bertz CT molecular complexity index is 988. The van der Waals surface area contributed by atoms with Crippen molar-refractivity contribution in [2.75, 3.05) is 6.54 Å². The average molecular weight is 456 g/mol. The second-order valence-electron chi connectivity index (χ2n) is 9.60. The zero-order chi connectivity index (χ0) is 24.2. The molecule has 1 aliphatic heterocycles. The van der Waals surface area contributed by atoms with Gasteiger partial charge in [-0.3, -0.25) is 0 Å². The van der Waals surface area contributed by atoms with Crippen molar-refractivity contribution in [2.24, 2.45) is 5.92 Å². The maximum absolute atomic E-state index is 12.5. The molecule has 178 valence electrons. The Labute approximate surface area is 195 Å². The van der Waals surface area contributed by atoms with E-state index in [4.69, 9.17) is 9.47 Å². The van der Waals surface area contributed by atoms with Crippen LogP contribution in [0.2, 0.25) is 0 Å². The molecule has 1 aromatic carbocycles. The Balaban J connectivity index is 1.68. The predicted octanol–water partition coefficient (Wildman–Crippen LogP) is 4.64. The van der Waals surface area contributed by atoms with Crippen molar-refractivity contribution in [3.05, 3.63) is 53.1 Å². The number of carbonyl (C=O) groups is 2. The topological polar surface area (TPSA) is 102 Å². The number of nitrogens with zero attached hydrogens (tertiary/aromatic N) is 3. The smallest absolute Gasteiger partial charge is 0.410 e. The van der Waals surface area contributed by atoms with E-state index in [9.17, 15) is 14.7 Å². The molecule has 1 aliphatic rings. The number of hydrogen-bond acceptors (Lipinski definition) is 6. The average Bonchev–Trinajstić information content (AvgIpc) is 2.72. The Morgan fingerprint density at radius 3 is 2.48 bits per heavy atom. The van der Waals surface area contributed by atoms with E-state index < -0.39 is 11.6 Å². The van der Waals surface area contributed by atoms with Crippen LogP contribution in [-0.2, 0) is 17.8 Å². The number of aryl methyl sites for hydroxylation is 1. The minimum atomic E-state index is -1.14. The molecule has 0 spiro atoms. The molecule has 0 saturated carbocycles. The summed E-state index contributed by atoms with van der Waals surface area (Å²) in [5, 5.41) is 9.72. The van der Waals surface area contributed by atoms with E-state index in [0.717, 1.165) is 18.4 Å². The highest BCUT2D eigenvalue weighted by molar-refractivity contribution is 5.88. The van der Waals surface area contributed by atoms with Crippen molar-refractivity contribution in [3.8, 4) is 5.75 Å². The molecule has 3 rings (SSSR count). The second-order valence-corrected chi connectivity index (χ2v) is 9.60. The number of aromatic nitrogens is 2. The summed E-state index contributed by atoms with van der Waals surface area (Å²) >= 11 is 0. The zero-order valence-corrected chi connectivity index (χ0v) is 20.0. The van der Waals surface area contributed by atoms with Gasteiger partial charge < -0.3 is 19.5 Å². The van der Waals surface area contributed by atoms with Crippen molar-refractivity contribution in [1.29, 1.82) is 0 Å². The van der Waals surface area contributed by atoms with Crippen LogP contribution >= 0.6 is 0 Å². The quantitative estimate of drug-likeness (QED) is 0.677. The number of ether oxygens (including phenoxy) is 2. The first-order valence-corrected chi connectivity index (χ1v) is 11.3. The van der Waals surface area contributed by atoms with E-state index in [0.29, 0.717) is 24.5 Å². The van der Waals surface area contributed by atoms with Crippen LogP contribution in [0.1, 0.15) is 68.1 Å². The fraction of sp³-hybridized carbons (Fsp3) is 0.520. The van der Waals surface area contributed by atoms with E-state index in [1.165, 1.54) is 0 Å². The van der Waals surface area contributed by atoms with Crippen LogP contribution in [-0.4, -0.2) is 50.2 Å². The highest BCUT2D eigenvalue weighted by Crippen LogP contribution is 2.28. The van der Waals surface area contributed by atoms with Crippen molar-refractivity contribution < 1.29 is 24.2 Å². The van der Waals surface area contributed by atoms with Crippen LogP contribution in [0.15, 0.2) is 30.3 Å². The van der Waals surface area contributed by atoms with Gasteiger partial charge in [0.1, 0.15) is 18.0 Å². The Hall–Kier alpha value is -3.16. The van der Waals surface area contributed by atoms with Crippen molar-refractivity contribution in [2.45, 2.75) is 72.1 Å². The summed E-state index contributed by atoms with van der Waals surface area (Å²) in [4.78, 5) is 35.0. The van der Waals surface area contributed by atoms with Gasteiger partial charge >= 0.3 is 12.1 Å². The molecule has 2 aromatic rings. The number of benzene rings is 1. The summed E-state index contributed by atoms with van der Waals surface area (Å²) < 4.78 is 11.3. The first-order chi connectivity index (χ1) is 15.5. The molecule has 0 bridgehead atoms. The lowest BCUT2D eigenvalue weighted by molar-refractivity contribution is 0.00706. The van der Waals surface area contributed by atoms with Gasteiger partial charge in [0.2, 0.25) is 0 Å². The van der Waals surface area contributed by atoms with Crippen molar-refractivity contribution in [1.82, 2.24) is 14.9 Å². The summed E-state index contributed by atoms with van der Waals surface area (Å²) in [6.45, 7) is 10.1. The van der Waals surface area contributed by atoms with Gasteiger partial charge in [-0.05, 0) is 58.9 Å². The molecule has 2 unspecified atom stereocenters. The molecule has 0 radical (unpaired) electrons. The van der Waals surface area contributed by atoms with E-state index in [1.54, 1.807) is 11.8 Å². The Morgan fingerprint density at radius 1 is 1.18 bits per heavy atom. The number of carboxylic acid groups (broad SMARTS) is 1. The minimum Gasteiger partial charge on any atom is -0.484 e. The third-order valence-corrected chi connectivity index (χ3v) is 5.59. The van der Waals surface area contributed by atoms with E-state index in [2.05, 4.69) is 9.97 Å². The fourth-order valence-corrected chi connectivity index (χ4v) is 4.06. The zero-order valence-electron chi connectivity index (χ0n) is 20.0. The summed E-state index contributed by atoms with van der Waals surface area (Å²) in [5.41, 5.74) is 0.791. The van der Waals surface area contributed by atoms with Crippen LogP contribution in [0, 0.1) is 12.8 Å². The molecule has 1 aromatic heterocycles. The second kappa shape index (κ2) is 10.2. The summed E-state index contributed by atoms with van der Waals surface area (Å²) in [6, 6.07) is 9.56. The number of likely N-dealkylation sites (tertiary alicyclic amines) is 1. The predicted molar refractivity (Wildman–Crippen MR) is 123 cm³/mol. The van der Waals surface area contributed by atoms with Gasteiger partial charge in [0.25, 0.3) is 0 Å². The molecular formula is C25H33N3O5. The van der Waals surface area contributed by atoms with Crippen molar-refractivity contribution in [3.63, 3.8) is 0 Å². The normalized spacial score (nSPS) is 18.6. The Morgan fingerprint density at radius 2 is 1.88 bits per heavy atom. The third-order valence-electron chi connectivity index (χ3n) is 5.59. The number of rotatable bonds is 6. The standard InChI is InChI=1S/C25H33N3O5/c1-16-13-19(11-12-28(16)24(31)33-25(3,4)5)14-20-26-17(2)22(21(27-20)23(29)30)32-15-18-9-7-6-8-10-18/h6-10,16,19H,11-15H2,1-5H3,(H,29,30). The van der Waals surface area contributed by atoms with E-state index in [-0.39, 0.29) is 36.1 Å². The Kier molecular flexibility index (Phi) is 7.56. The van der Waals surface area contributed by atoms with Gasteiger partial charge in [0.15, 0.2) is 11.4 Å². The number of hydrogen-bond donors (Lipinski definition) is 1. The number of aromatic carboxylic acids is 1. The molecule has 8 heteroatoms. The van der Waals surface area contributed by atoms with Crippen molar-refractivity contribution >= 4 is 12.1 Å². The van der Waals surface area contributed by atoms with Gasteiger partial charge in [-0.25, -0.2) is 19.6 Å². The largest absolute Gasteiger partial charge is 0.484 e. The number of piperidine rings is 1. The van der Waals surface area contributed by atoms with E-state index >= 15 is 0 Å². The van der Waals surface area contributed by atoms with Crippen LogP contribution in [0.4, 0.5) is 4.79 Å². The SMILES string of the molecule is Cc1nc(CC2CCN(C(=O)OC(C)(C)C)C(C)C2)nc(C(=O)O)c1OCc1ccccc1. The highest BCUT2D eigenvalue weighted by atomic mass is 16.6. The molecule has 0 aliphatic carbocycles. The molecule has 2 heterocycles. The number of carbonyl (C=O) groups excluding carboxylic acids is 1.